The zero-order valence-corrected chi connectivity index (χ0v) is 18.4. The maximum absolute atomic E-state index is 12.9. The normalized spacial score (nSPS) is 15.4. The number of carbonyl (C=O) groups is 1. The average Bonchev–Trinajstić information content (AvgIpc) is 3.15. The quantitative estimate of drug-likeness (QED) is 0.750. The molecule has 0 unspecified atom stereocenters. The summed E-state index contributed by atoms with van der Waals surface area (Å²) in [7, 11) is -3.62. The lowest BCUT2D eigenvalue weighted by Gasteiger charge is -2.29. The number of hydrogen-bond acceptors (Lipinski definition) is 3. The van der Waals surface area contributed by atoms with Crippen LogP contribution in [0.2, 0.25) is 0 Å². The lowest BCUT2D eigenvalue weighted by Crippen LogP contribution is -2.48. The van der Waals surface area contributed by atoms with Gasteiger partial charge in [-0.15, -0.1) is 0 Å². The van der Waals surface area contributed by atoms with Crippen LogP contribution in [0.15, 0.2) is 42.5 Å². The summed E-state index contributed by atoms with van der Waals surface area (Å²) < 4.78 is 26.1. The predicted molar refractivity (Wildman–Crippen MR) is 118 cm³/mol. The minimum Gasteiger partial charge on any atom is -0.348 e. The van der Waals surface area contributed by atoms with Crippen molar-refractivity contribution in [3.05, 3.63) is 64.7 Å². The van der Waals surface area contributed by atoms with Crippen molar-refractivity contribution in [2.45, 2.75) is 58.5 Å². The summed E-state index contributed by atoms with van der Waals surface area (Å²) in [5.41, 5.74) is 5.40. The SMILES string of the molecule is CCc1ccc(N([C@@H](C)C(=O)N[C@@H](C)c2ccc3c(c2)CCC3)S(C)(=O)=O)cc1. The van der Waals surface area contributed by atoms with E-state index in [0.717, 1.165) is 36.6 Å². The smallest absolute Gasteiger partial charge is 0.244 e. The van der Waals surface area contributed by atoms with Crippen molar-refractivity contribution >= 4 is 21.6 Å². The van der Waals surface area contributed by atoms with Gasteiger partial charge in [-0.25, -0.2) is 8.42 Å². The summed E-state index contributed by atoms with van der Waals surface area (Å²) in [6.07, 6.45) is 5.38. The summed E-state index contributed by atoms with van der Waals surface area (Å²) in [5.74, 6) is -0.317. The van der Waals surface area contributed by atoms with Crippen LogP contribution in [0.3, 0.4) is 0 Å². The van der Waals surface area contributed by atoms with E-state index in [2.05, 4.69) is 23.5 Å². The number of anilines is 1. The summed E-state index contributed by atoms with van der Waals surface area (Å²) >= 11 is 0. The number of nitrogens with one attached hydrogen (secondary N) is 1. The minimum atomic E-state index is -3.62. The van der Waals surface area contributed by atoms with Crippen molar-refractivity contribution in [1.82, 2.24) is 5.32 Å². The maximum atomic E-state index is 12.9. The highest BCUT2D eigenvalue weighted by Crippen LogP contribution is 2.26. The van der Waals surface area contributed by atoms with Gasteiger partial charge in [0.1, 0.15) is 6.04 Å². The predicted octanol–water partition coefficient (Wildman–Crippen LogP) is 3.77. The molecule has 1 aliphatic carbocycles. The highest BCUT2D eigenvalue weighted by Gasteiger charge is 2.30. The van der Waals surface area contributed by atoms with Gasteiger partial charge in [-0.2, -0.15) is 0 Å². The van der Waals surface area contributed by atoms with Crippen molar-refractivity contribution in [1.29, 1.82) is 0 Å². The summed E-state index contributed by atoms with van der Waals surface area (Å²) in [5, 5.41) is 2.99. The molecule has 0 saturated heterocycles. The van der Waals surface area contributed by atoms with Crippen molar-refractivity contribution in [2.75, 3.05) is 10.6 Å². The van der Waals surface area contributed by atoms with E-state index >= 15 is 0 Å². The lowest BCUT2D eigenvalue weighted by molar-refractivity contribution is -0.122. The first kappa shape index (κ1) is 21.4. The molecular formula is C23H30N2O3S. The van der Waals surface area contributed by atoms with Crippen LogP contribution in [0.1, 0.15) is 55.5 Å². The highest BCUT2D eigenvalue weighted by atomic mass is 32.2. The van der Waals surface area contributed by atoms with E-state index in [9.17, 15) is 13.2 Å². The van der Waals surface area contributed by atoms with Crippen LogP contribution >= 0.6 is 0 Å². The Bertz CT molecular complexity index is 984. The topological polar surface area (TPSA) is 66.5 Å². The highest BCUT2D eigenvalue weighted by molar-refractivity contribution is 7.92. The molecule has 2 atom stereocenters. The molecule has 0 aromatic heterocycles. The van der Waals surface area contributed by atoms with Gasteiger partial charge >= 0.3 is 0 Å². The van der Waals surface area contributed by atoms with Gasteiger partial charge in [-0.1, -0.05) is 37.3 Å². The third-order valence-corrected chi connectivity index (χ3v) is 6.91. The molecule has 0 spiro atoms. The van der Waals surface area contributed by atoms with Crippen LogP contribution in [0, 0.1) is 0 Å². The molecule has 2 aromatic carbocycles. The van der Waals surface area contributed by atoms with Gasteiger partial charge in [0.15, 0.2) is 0 Å². The zero-order chi connectivity index (χ0) is 21.2. The Balaban J connectivity index is 1.78. The van der Waals surface area contributed by atoms with E-state index in [1.165, 1.54) is 21.9 Å². The van der Waals surface area contributed by atoms with Crippen LogP contribution in [0.5, 0.6) is 0 Å². The van der Waals surface area contributed by atoms with Crippen molar-refractivity contribution in [3.63, 3.8) is 0 Å². The van der Waals surface area contributed by atoms with E-state index in [4.69, 9.17) is 0 Å². The summed E-state index contributed by atoms with van der Waals surface area (Å²) in [4.78, 5) is 12.9. The Kier molecular flexibility index (Phi) is 6.32. The molecule has 0 fully saturated rings. The summed E-state index contributed by atoms with van der Waals surface area (Å²) in [6.45, 7) is 5.60. The molecule has 6 heteroatoms. The average molecular weight is 415 g/mol. The van der Waals surface area contributed by atoms with Crippen LogP contribution in [0.4, 0.5) is 5.69 Å². The molecule has 2 aromatic rings. The van der Waals surface area contributed by atoms with Gasteiger partial charge in [-0.05, 0) is 73.9 Å². The first-order chi connectivity index (χ1) is 13.7. The third-order valence-electron chi connectivity index (χ3n) is 5.67. The van der Waals surface area contributed by atoms with Gasteiger partial charge in [0.05, 0.1) is 18.0 Å². The van der Waals surface area contributed by atoms with Crippen LogP contribution in [0.25, 0.3) is 0 Å². The number of hydrogen-bond donors (Lipinski definition) is 1. The van der Waals surface area contributed by atoms with Crippen LogP contribution in [-0.4, -0.2) is 26.6 Å². The Labute approximate surface area is 174 Å². The monoisotopic (exact) mass is 414 g/mol. The van der Waals surface area contributed by atoms with Gasteiger partial charge in [0, 0.05) is 0 Å². The van der Waals surface area contributed by atoms with E-state index in [1.807, 2.05) is 26.0 Å². The number of sulfonamides is 1. The molecule has 3 rings (SSSR count). The van der Waals surface area contributed by atoms with Gasteiger partial charge in [-0.3, -0.25) is 9.10 Å². The third kappa shape index (κ3) is 4.81. The molecule has 156 valence electrons. The molecule has 0 heterocycles. The molecule has 0 aliphatic heterocycles. The number of fused-ring (bicyclic) bond motifs is 1. The molecule has 29 heavy (non-hydrogen) atoms. The number of amides is 1. The fraction of sp³-hybridized carbons (Fsp3) is 0.435. The summed E-state index contributed by atoms with van der Waals surface area (Å²) in [6, 6.07) is 12.6. The maximum Gasteiger partial charge on any atom is 0.244 e. The van der Waals surface area contributed by atoms with Gasteiger partial charge in [0.2, 0.25) is 15.9 Å². The fourth-order valence-corrected chi connectivity index (χ4v) is 5.14. The number of benzene rings is 2. The first-order valence-corrected chi connectivity index (χ1v) is 12.1. The second-order valence-electron chi connectivity index (χ2n) is 7.87. The standard InChI is InChI=1S/C23H30N2O3S/c1-5-18-9-13-22(14-10-18)25(29(4,27)28)17(3)23(26)24-16(2)20-12-11-19-7-6-8-21(19)15-20/h9-17H,5-8H2,1-4H3,(H,24,26)/t16-,17-/m0/s1. The molecule has 1 aliphatic rings. The second kappa shape index (κ2) is 8.57. The zero-order valence-electron chi connectivity index (χ0n) is 17.6. The minimum absolute atomic E-state index is 0.195. The molecule has 0 bridgehead atoms. The molecule has 0 saturated carbocycles. The Morgan fingerprint density at radius 2 is 1.72 bits per heavy atom. The number of aryl methyl sites for hydroxylation is 3. The van der Waals surface area contributed by atoms with E-state index in [0.29, 0.717) is 5.69 Å². The Hall–Kier alpha value is -2.34. The van der Waals surface area contributed by atoms with Crippen LogP contribution in [-0.2, 0) is 34.1 Å². The van der Waals surface area contributed by atoms with E-state index in [1.54, 1.807) is 19.1 Å². The molecule has 1 N–H and O–H groups in total. The van der Waals surface area contributed by atoms with Gasteiger partial charge < -0.3 is 5.32 Å². The van der Waals surface area contributed by atoms with Crippen LogP contribution < -0.4 is 9.62 Å². The first-order valence-electron chi connectivity index (χ1n) is 10.2. The molecule has 5 nitrogen and oxygen atoms in total. The molecule has 0 radical (unpaired) electrons. The number of nitrogens with zero attached hydrogens (tertiary/aromatic N) is 1. The lowest BCUT2D eigenvalue weighted by atomic mass is 10.0. The van der Waals surface area contributed by atoms with E-state index in [-0.39, 0.29) is 11.9 Å². The Morgan fingerprint density at radius 3 is 2.34 bits per heavy atom. The van der Waals surface area contributed by atoms with Crippen molar-refractivity contribution < 1.29 is 13.2 Å². The Morgan fingerprint density at radius 1 is 1.07 bits per heavy atom. The van der Waals surface area contributed by atoms with Gasteiger partial charge in [0.25, 0.3) is 0 Å². The molecular weight excluding hydrogens is 384 g/mol. The number of carbonyl (C=O) groups excluding carboxylic acids is 1. The second-order valence-corrected chi connectivity index (χ2v) is 9.73. The largest absolute Gasteiger partial charge is 0.348 e. The molecule has 1 amide bonds. The fourth-order valence-electron chi connectivity index (χ4n) is 3.97. The van der Waals surface area contributed by atoms with Crippen molar-refractivity contribution in [2.24, 2.45) is 0 Å². The van der Waals surface area contributed by atoms with Crippen molar-refractivity contribution in [3.8, 4) is 0 Å². The van der Waals surface area contributed by atoms with E-state index < -0.39 is 16.1 Å². The number of rotatable bonds is 7.